The molecule has 144 valence electrons. The van der Waals surface area contributed by atoms with Crippen molar-refractivity contribution in [2.24, 2.45) is 0 Å². The van der Waals surface area contributed by atoms with Crippen LogP contribution in [-0.2, 0) is 29.0 Å². The number of aryl methyl sites for hydroxylation is 2. The van der Waals surface area contributed by atoms with Crippen molar-refractivity contribution < 1.29 is 18.3 Å². The first kappa shape index (κ1) is 18.7. The summed E-state index contributed by atoms with van der Waals surface area (Å²) in [6.07, 6.45) is 3.35. The number of ether oxygens (including phenoxy) is 1. The second-order valence-corrected chi connectivity index (χ2v) is 7.94. The number of carbonyl (C=O) groups excluding carboxylic acids is 1. The molecule has 0 N–H and O–H groups in total. The van der Waals surface area contributed by atoms with Crippen molar-refractivity contribution in [2.75, 3.05) is 5.75 Å². The standard InChI is InChI=1S/C22H19FO4S/c23-17-4-6-18(7-5-17)28-9-8-21(24)26-13-16-12-22(25)27-20-11-15-3-1-2-14(15)10-19(16)20/h4-7,10-12H,1-3,8-9,13H2. The van der Waals surface area contributed by atoms with Crippen LogP contribution in [0.25, 0.3) is 11.0 Å². The van der Waals surface area contributed by atoms with Crippen molar-refractivity contribution in [3.63, 3.8) is 0 Å². The van der Waals surface area contributed by atoms with Gasteiger partial charge in [0.05, 0.1) is 6.42 Å². The van der Waals surface area contributed by atoms with Crippen LogP contribution < -0.4 is 5.63 Å². The lowest BCUT2D eigenvalue weighted by molar-refractivity contribution is -0.144. The summed E-state index contributed by atoms with van der Waals surface area (Å²) in [5, 5.41) is 0.828. The Balaban J connectivity index is 1.38. The monoisotopic (exact) mass is 398 g/mol. The third-order valence-corrected chi connectivity index (χ3v) is 5.83. The number of halogens is 1. The Bertz CT molecular complexity index is 1070. The molecule has 0 bridgehead atoms. The average Bonchev–Trinajstić information content (AvgIpc) is 3.13. The molecule has 1 heterocycles. The Hall–Kier alpha value is -2.60. The van der Waals surface area contributed by atoms with Gasteiger partial charge in [0, 0.05) is 27.7 Å². The Kier molecular flexibility index (Phi) is 5.48. The highest BCUT2D eigenvalue weighted by atomic mass is 32.2. The minimum atomic E-state index is -0.441. The summed E-state index contributed by atoms with van der Waals surface area (Å²) in [6.45, 7) is 0.0426. The number of benzene rings is 2. The number of thioether (sulfide) groups is 1. The molecule has 4 rings (SSSR count). The topological polar surface area (TPSA) is 56.5 Å². The second kappa shape index (κ2) is 8.19. The van der Waals surface area contributed by atoms with E-state index in [0.717, 1.165) is 29.5 Å². The lowest BCUT2D eigenvalue weighted by Gasteiger charge is -2.09. The lowest BCUT2D eigenvalue weighted by Crippen LogP contribution is -2.08. The number of esters is 1. The summed E-state index contributed by atoms with van der Waals surface area (Å²) >= 11 is 1.47. The second-order valence-electron chi connectivity index (χ2n) is 6.77. The van der Waals surface area contributed by atoms with Gasteiger partial charge in [0.2, 0.25) is 0 Å². The van der Waals surface area contributed by atoms with Gasteiger partial charge in [-0.05, 0) is 66.8 Å². The van der Waals surface area contributed by atoms with Crippen LogP contribution in [0, 0.1) is 5.82 Å². The van der Waals surface area contributed by atoms with Crippen molar-refractivity contribution in [1.29, 1.82) is 0 Å². The highest BCUT2D eigenvalue weighted by molar-refractivity contribution is 7.99. The van der Waals surface area contributed by atoms with Gasteiger partial charge in [-0.15, -0.1) is 11.8 Å². The molecule has 0 spiro atoms. The molecule has 28 heavy (non-hydrogen) atoms. The first-order valence-corrected chi connectivity index (χ1v) is 10.2. The first-order chi connectivity index (χ1) is 13.6. The summed E-state index contributed by atoms with van der Waals surface area (Å²) in [7, 11) is 0. The van der Waals surface area contributed by atoms with E-state index in [1.807, 2.05) is 12.1 Å². The molecule has 1 aromatic heterocycles. The summed E-state index contributed by atoms with van der Waals surface area (Å²) in [5.74, 6) is -0.0820. The molecule has 1 aliphatic carbocycles. The maximum atomic E-state index is 12.9. The van der Waals surface area contributed by atoms with E-state index in [9.17, 15) is 14.0 Å². The summed E-state index contributed by atoms with van der Waals surface area (Å²) in [4.78, 5) is 24.8. The van der Waals surface area contributed by atoms with Gasteiger partial charge in [-0.2, -0.15) is 0 Å². The van der Waals surface area contributed by atoms with Gasteiger partial charge < -0.3 is 9.15 Å². The minimum absolute atomic E-state index is 0.0426. The molecule has 0 unspecified atom stereocenters. The van der Waals surface area contributed by atoms with Gasteiger partial charge in [-0.25, -0.2) is 9.18 Å². The van der Waals surface area contributed by atoms with Crippen LogP contribution in [0.5, 0.6) is 0 Å². The van der Waals surface area contributed by atoms with E-state index >= 15 is 0 Å². The van der Waals surface area contributed by atoms with E-state index in [1.165, 1.54) is 41.1 Å². The molecule has 1 aliphatic rings. The number of rotatable bonds is 6. The molecule has 3 aromatic rings. The number of carbonyl (C=O) groups is 1. The Morgan fingerprint density at radius 3 is 2.64 bits per heavy atom. The van der Waals surface area contributed by atoms with Crippen LogP contribution in [0.3, 0.4) is 0 Å². The molecule has 4 nitrogen and oxygen atoms in total. The fraction of sp³-hybridized carbons (Fsp3) is 0.273. The van der Waals surface area contributed by atoms with Crippen LogP contribution in [-0.4, -0.2) is 11.7 Å². The molecule has 6 heteroatoms. The van der Waals surface area contributed by atoms with E-state index in [4.69, 9.17) is 9.15 Å². The van der Waals surface area contributed by atoms with Crippen molar-refractivity contribution in [1.82, 2.24) is 0 Å². The predicted molar refractivity (Wildman–Crippen MR) is 106 cm³/mol. The summed E-state index contributed by atoms with van der Waals surface area (Å²) in [5.41, 5.74) is 3.27. The number of hydrogen-bond donors (Lipinski definition) is 0. The Morgan fingerprint density at radius 2 is 1.86 bits per heavy atom. The van der Waals surface area contributed by atoms with Crippen LogP contribution in [0.2, 0.25) is 0 Å². The summed E-state index contributed by atoms with van der Waals surface area (Å²) in [6, 6.07) is 11.5. The highest BCUT2D eigenvalue weighted by Gasteiger charge is 2.16. The maximum Gasteiger partial charge on any atom is 0.336 e. The van der Waals surface area contributed by atoms with Crippen molar-refractivity contribution in [2.45, 2.75) is 37.2 Å². The van der Waals surface area contributed by atoms with Crippen LogP contribution in [0.15, 0.2) is 56.6 Å². The quantitative estimate of drug-likeness (QED) is 0.344. The SMILES string of the molecule is O=C(CCSc1ccc(F)cc1)OCc1cc(=O)oc2cc3c(cc12)CCC3. The molecular formula is C22H19FO4S. The predicted octanol–water partition coefficient (Wildman–Crippen LogP) is 4.65. The largest absolute Gasteiger partial charge is 0.461 e. The van der Waals surface area contributed by atoms with E-state index in [-0.39, 0.29) is 24.8 Å². The fourth-order valence-electron chi connectivity index (χ4n) is 3.43. The molecule has 2 aromatic carbocycles. The van der Waals surface area contributed by atoms with Crippen molar-refractivity contribution >= 4 is 28.7 Å². The molecule has 0 saturated heterocycles. The minimum Gasteiger partial charge on any atom is -0.461 e. The molecule has 0 atom stereocenters. The molecule has 0 amide bonds. The Morgan fingerprint density at radius 1 is 1.11 bits per heavy atom. The van der Waals surface area contributed by atoms with Crippen LogP contribution in [0.4, 0.5) is 4.39 Å². The zero-order chi connectivity index (χ0) is 19.5. The van der Waals surface area contributed by atoms with E-state index in [0.29, 0.717) is 16.9 Å². The van der Waals surface area contributed by atoms with E-state index in [1.54, 1.807) is 12.1 Å². The normalized spacial score (nSPS) is 12.9. The number of hydrogen-bond acceptors (Lipinski definition) is 5. The highest BCUT2D eigenvalue weighted by Crippen LogP contribution is 2.29. The fourth-order valence-corrected chi connectivity index (χ4v) is 4.26. The van der Waals surface area contributed by atoms with Gasteiger partial charge in [-0.1, -0.05) is 0 Å². The molecular weight excluding hydrogens is 379 g/mol. The Labute approximate surface area is 165 Å². The lowest BCUT2D eigenvalue weighted by atomic mass is 10.0. The third-order valence-electron chi connectivity index (χ3n) is 4.82. The van der Waals surface area contributed by atoms with E-state index < -0.39 is 5.63 Å². The molecule has 0 saturated carbocycles. The number of fused-ring (bicyclic) bond motifs is 2. The van der Waals surface area contributed by atoms with Gasteiger partial charge in [-0.3, -0.25) is 4.79 Å². The zero-order valence-electron chi connectivity index (χ0n) is 15.2. The maximum absolute atomic E-state index is 12.9. The first-order valence-electron chi connectivity index (χ1n) is 9.21. The smallest absolute Gasteiger partial charge is 0.336 e. The van der Waals surface area contributed by atoms with Crippen molar-refractivity contribution in [3.8, 4) is 0 Å². The molecule has 0 radical (unpaired) electrons. The van der Waals surface area contributed by atoms with Crippen LogP contribution >= 0.6 is 11.8 Å². The van der Waals surface area contributed by atoms with E-state index in [2.05, 4.69) is 0 Å². The van der Waals surface area contributed by atoms with Gasteiger partial charge >= 0.3 is 11.6 Å². The van der Waals surface area contributed by atoms with Gasteiger partial charge in [0.15, 0.2) is 0 Å². The summed E-state index contributed by atoms with van der Waals surface area (Å²) < 4.78 is 23.6. The van der Waals surface area contributed by atoms with Gasteiger partial charge in [0.25, 0.3) is 0 Å². The van der Waals surface area contributed by atoms with Crippen LogP contribution in [0.1, 0.15) is 29.5 Å². The average molecular weight is 398 g/mol. The third kappa shape index (κ3) is 4.28. The molecule has 0 aliphatic heterocycles. The van der Waals surface area contributed by atoms with Gasteiger partial charge in [0.1, 0.15) is 18.0 Å². The van der Waals surface area contributed by atoms with Crippen molar-refractivity contribution in [3.05, 3.63) is 75.4 Å². The zero-order valence-corrected chi connectivity index (χ0v) is 16.0. The molecule has 0 fully saturated rings.